The van der Waals surface area contributed by atoms with Crippen LogP contribution in [0.25, 0.3) is 0 Å². The van der Waals surface area contributed by atoms with Crippen molar-refractivity contribution in [2.24, 2.45) is 11.7 Å². The molecule has 2 N–H and O–H groups in total. The summed E-state index contributed by atoms with van der Waals surface area (Å²) in [7, 11) is 0. The van der Waals surface area contributed by atoms with Gasteiger partial charge in [-0.3, -0.25) is 4.90 Å². The van der Waals surface area contributed by atoms with E-state index in [-0.39, 0.29) is 0 Å². The van der Waals surface area contributed by atoms with Gasteiger partial charge in [0.25, 0.3) is 0 Å². The van der Waals surface area contributed by atoms with Crippen LogP contribution in [0.4, 0.5) is 0 Å². The zero-order valence-corrected chi connectivity index (χ0v) is 10.8. The topological polar surface area (TPSA) is 29.3 Å². The van der Waals surface area contributed by atoms with Crippen LogP contribution in [-0.4, -0.2) is 30.1 Å². The van der Waals surface area contributed by atoms with Gasteiger partial charge in [-0.15, -0.1) is 0 Å². The first-order chi connectivity index (χ1) is 7.86. The van der Waals surface area contributed by atoms with Crippen LogP contribution in [0, 0.1) is 5.92 Å². The lowest BCUT2D eigenvalue weighted by atomic mass is 9.77. The first kappa shape index (κ1) is 12.4. The number of likely N-dealkylation sites (tertiary alicyclic amines) is 1. The quantitative estimate of drug-likeness (QED) is 0.778. The second-order valence-corrected chi connectivity index (χ2v) is 5.67. The van der Waals surface area contributed by atoms with Crippen molar-refractivity contribution in [1.29, 1.82) is 0 Å². The van der Waals surface area contributed by atoms with Gasteiger partial charge >= 0.3 is 0 Å². The average molecular weight is 224 g/mol. The third-order valence-corrected chi connectivity index (χ3v) is 4.66. The Balaban J connectivity index is 1.96. The predicted octanol–water partition coefficient (Wildman–Crippen LogP) is 2.77. The van der Waals surface area contributed by atoms with Gasteiger partial charge in [-0.05, 0) is 44.6 Å². The Labute approximate surface area is 101 Å². The minimum Gasteiger partial charge on any atom is -0.329 e. The molecule has 94 valence electrons. The van der Waals surface area contributed by atoms with E-state index in [4.69, 9.17) is 5.73 Å². The monoisotopic (exact) mass is 224 g/mol. The summed E-state index contributed by atoms with van der Waals surface area (Å²) in [6.07, 6.45) is 11.2. The highest BCUT2D eigenvalue weighted by Crippen LogP contribution is 2.35. The first-order valence-electron chi connectivity index (χ1n) is 7.32. The molecule has 2 aliphatic rings. The van der Waals surface area contributed by atoms with Crippen LogP contribution < -0.4 is 5.73 Å². The van der Waals surface area contributed by atoms with Crippen molar-refractivity contribution < 1.29 is 0 Å². The lowest BCUT2D eigenvalue weighted by Gasteiger charge is -2.46. The Kier molecular flexibility index (Phi) is 4.66. The molecule has 1 aliphatic carbocycles. The van der Waals surface area contributed by atoms with Crippen molar-refractivity contribution in [1.82, 2.24) is 4.90 Å². The number of rotatable bonds is 5. The Morgan fingerprint density at radius 3 is 2.56 bits per heavy atom. The highest BCUT2D eigenvalue weighted by Gasteiger charge is 2.34. The zero-order valence-electron chi connectivity index (χ0n) is 10.8. The van der Waals surface area contributed by atoms with Crippen LogP contribution in [0.1, 0.15) is 58.3 Å². The number of nitrogens with zero attached hydrogens (tertiary/aromatic N) is 1. The van der Waals surface area contributed by atoms with Crippen molar-refractivity contribution in [3.63, 3.8) is 0 Å². The predicted molar refractivity (Wildman–Crippen MR) is 69.4 cm³/mol. The van der Waals surface area contributed by atoms with Gasteiger partial charge in [0.2, 0.25) is 0 Å². The van der Waals surface area contributed by atoms with Gasteiger partial charge in [-0.2, -0.15) is 0 Å². The Hall–Kier alpha value is -0.0800. The summed E-state index contributed by atoms with van der Waals surface area (Å²) in [5.41, 5.74) is 6.03. The van der Waals surface area contributed by atoms with Crippen LogP contribution in [-0.2, 0) is 0 Å². The number of hydrogen-bond donors (Lipinski definition) is 1. The lowest BCUT2D eigenvalue weighted by Crippen LogP contribution is -2.53. The Morgan fingerprint density at radius 1 is 1.19 bits per heavy atom. The fourth-order valence-electron chi connectivity index (χ4n) is 3.53. The van der Waals surface area contributed by atoms with E-state index in [1.165, 1.54) is 57.9 Å². The van der Waals surface area contributed by atoms with E-state index in [0.29, 0.717) is 6.04 Å². The number of hydrogen-bond acceptors (Lipinski definition) is 2. The SMILES string of the molecule is CCCC1CCCCN1C(CN)C1CCC1. The van der Waals surface area contributed by atoms with Gasteiger partial charge in [-0.25, -0.2) is 0 Å². The third kappa shape index (κ3) is 2.60. The number of piperidine rings is 1. The van der Waals surface area contributed by atoms with Gasteiger partial charge in [-0.1, -0.05) is 26.2 Å². The van der Waals surface area contributed by atoms with E-state index in [0.717, 1.165) is 18.5 Å². The van der Waals surface area contributed by atoms with Crippen LogP contribution in [0.2, 0.25) is 0 Å². The van der Waals surface area contributed by atoms with E-state index in [2.05, 4.69) is 11.8 Å². The van der Waals surface area contributed by atoms with E-state index in [1.807, 2.05) is 0 Å². The standard InChI is InChI=1S/C14H28N2/c1-2-6-13-9-3-4-10-16(13)14(11-15)12-7-5-8-12/h12-14H,2-11,15H2,1H3. The van der Waals surface area contributed by atoms with Crippen molar-refractivity contribution in [2.75, 3.05) is 13.1 Å². The van der Waals surface area contributed by atoms with Crippen molar-refractivity contribution in [3.8, 4) is 0 Å². The fraction of sp³-hybridized carbons (Fsp3) is 1.00. The van der Waals surface area contributed by atoms with E-state index in [9.17, 15) is 0 Å². The molecule has 2 unspecified atom stereocenters. The molecule has 16 heavy (non-hydrogen) atoms. The molecule has 0 amide bonds. The molecule has 2 atom stereocenters. The third-order valence-electron chi connectivity index (χ3n) is 4.66. The molecule has 2 rings (SSSR count). The van der Waals surface area contributed by atoms with Crippen LogP contribution in [0.15, 0.2) is 0 Å². The molecule has 0 aromatic rings. The summed E-state index contributed by atoms with van der Waals surface area (Å²) in [6, 6.07) is 1.54. The lowest BCUT2D eigenvalue weighted by molar-refractivity contribution is 0.0356. The second-order valence-electron chi connectivity index (χ2n) is 5.67. The molecule has 0 aromatic carbocycles. The molecule has 1 heterocycles. The van der Waals surface area contributed by atoms with E-state index >= 15 is 0 Å². The molecule has 1 aliphatic heterocycles. The summed E-state index contributed by atoms with van der Waals surface area (Å²) in [5, 5.41) is 0. The van der Waals surface area contributed by atoms with E-state index < -0.39 is 0 Å². The zero-order chi connectivity index (χ0) is 11.4. The maximum absolute atomic E-state index is 6.03. The molecule has 2 heteroatoms. The van der Waals surface area contributed by atoms with Gasteiger partial charge in [0, 0.05) is 18.6 Å². The van der Waals surface area contributed by atoms with Crippen molar-refractivity contribution in [3.05, 3.63) is 0 Å². The van der Waals surface area contributed by atoms with Crippen molar-refractivity contribution >= 4 is 0 Å². The molecule has 2 nitrogen and oxygen atoms in total. The minimum atomic E-state index is 0.700. The molecular formula is C14H28N2. The van der Waals surface area contributed by atoms with Crippen molar-refractivity contribution in [2.45, 2.75) is 70.4 Å². The van der Waals surface area contributed by atoms with Gasteiger partial charge in [0.15, 0.2) is 0 Å². The average Bonchev–Trinajstić information content (AvgIpc) is 2.25. The molecular weight excluding hydrogens is 196 g/mol. The van der Waals surface area contributed by atoms with Gasteiger partial charge in [0.1, 0.15) is 0 Å². The highest BCUT2D eigenvalue weighted by atomic mass is 15.2. The fourth-order valence-corrected chi connectivity index (χ4v) is 3.53. The maximum Gasteiger partial charge on any atom is 0.0249 e. The van der Waals surface area contributed by atoms with Gasteiger partial charge in [0.05, 0.1) is 0 Å². The Morgan fingerprint density at radius 2 is 2.00 bits per heavy atom. The summed E-state index contributed by atoms with van der Waals surface area (Å²) in [5.74, 6) is 0.919. The summed E-state index contributed by atoms with van der Waals surface area (Å²) >= 11 is 0. The summed E-state index contributed by atoms with van der Waals surface area (Å²) in [4.78, 5) is 2.77. The normalized spacial score (nSPS) is 30.0. The second kappa shape index (κ2) is 6.02. The molecule has 0 bridgehead atoms. The molecule has 1 saturated carbocycles. The Bertz CT molecular complexity index is 199. The largest absolute Gasteiger partial charge is 0.329 e. The number of nitrogens with two attached hydrogens (primary N) is 1. The molecule has 1 saturated heterocycles. The van der Waals surface area contributed by atoms with E-state index in [1.54, 1.807) is 0 Å². The molecule has 0 aromatic heterocycles. The highest BCUT2D eigenvalue weighted by molar-refractivity contribution is 4.90. The molecule has 2 fully saturated rings. The maximum atomic E-state index is 6.03. The van der Waals surface area contributed by atoms with Crippen LogP contribution in [0.5, 0.6) is 0 Å². The molecule has 0 radical (unpaired) electrons. The first-order valence-corrected chi connectivity index (χ1v) is 7.32. The smallest absolute Gasteiger partial charge is 0.0249 e. The summed E-state index contributed by atoms with van der Waals surface area (Å²) in [6.45, 7) is 4.50. The van der Waals surface area contributed by atoms with Crippen LogP contribution in [0.3, 0.4) is 0 Å². The summed E-state index contributed by atoms with van der Waals surface area (Å²) < 4.78 is 0. The van der Waals surface area contributed by atoms with Crippen LogP contribution >= 0.6 is 0 Å². The minimum absolute atomic E-state index is 0.700. The van der Waals surface area contributed by atoms with Gasteiger partial charge < -0.3 is 5.73 Å². The molecule has 0 spiro atoms.